The highest BCUT2D eigenvalue weighted by Gasteiger charge is 2.45. The van der Waals surface area contributed by atoms with Gasteiger partial charge >= 0.3 is 0 Å². The van der Waals surface area contributed by atoms with Gasteiger partial charge in [0.1, 0.15) is 11.8 Å². The molecule has 0 bridgehead atoms. The van der Waals surface area contributed by atoms with Crippen LogP contribution in [0.3, 0.4) is 0 Å². The molecule has 3 N–H and O–H groups in total. The number of ether oxygens (including phenoxy) is 3. The van der Waals surface area contributed by atoms with Crippen molar-refractivity contribution in [2.24, 2.45) is 5.73 Å². The molecule has 1 saturated heterocycles. The molecule has 0 radical (unpaired) electrons. The van der Waals surface area contributed by atoms with E-state index in [9.17, 15) is 19.2 Å². The van der Waals surface area contributed by atoms with Crippen LogP contribution in [0.1, 0.15) is 39.3 Å². The number of carbonyl (C=O) groups is 4. The van der Waals surface area contributed by atoms with Gasteiger partial charge in [-0.05, 0) is 18.6 Å². The third-order valence-corrected chi connectivity index (χ3v) is 5.83. The number of nitrogens with one attached hydrogen (secondary N) is 1. The van der Waals surface area contributed by atoms with E-state index >= 15 is 0 Å². The maximum absolute atomic E-state index is 13.1. The van der Waals surface area contributed by atoms with Gasteiger partial charge in [0.2, 0.25) is 11.8 Å². The largest absolute Gasteiger partial charge is 0.492 e. The predicted molar refractivity (Wildman–Crippen MR) is 123 cm³/mol. The topological polar surface area (TPSA) is 168 Å². The molecule has 1 fully saturated rings. The second-order valence-corrected chi connectivity index (χ2v) is 8.19. The summed E-state index contributed by atoms with van der Waals surface area (Å²) in [6, 6.07) is 3.72. The van der Waals surface area contributed by atoms with E-state index in [1.54, 1.807) is 23.0 Å². The highest BCUT2D eigenvalue weighted by Crippen LogP contribution is 2.33. The van der Waals surface area contributed by atoms with Crippen LogP contribution >= 0.6 is 0 Å². The SMILES string of the molecule is NCCOCCOCCn1nncc1CCOc1cccc2c1C(=O)N(C1CCC(=O)NC1=O)C2=O. The quantitative estimate of drug-likeness (QED) is 0.265. The summed E-state index contributed by atoms with van der Waals surface area (Å²) in [6.07, 6.45) is 2.23. The highest BCUT2D eigenvalue weighted by atomic mass is 16.5. The van der Waals surface area contributed by atoms with Gasteiger partial charge in [-0.15, -0.1) is 5.10 Å². The summed E-state index contributed by atoms with van der Waals surface area (Å²) in [5, 5.41) is 10.2. The van der Waals surface area contributed by atoms with Crippen LogP contribution in [0.5, 0.6) is 5.75 Å². The zero-order chi connectivity index (χ0) is 25.5. The minimum Gasteiger partial charge on any atom is -0.492 e. The van der Waals surface area contributed by atoms with E-state index in [0.29, 0.717) is 45.9 Å². The van der Waals surface area contributed by atoms with E-state index in [4.69, 9.17) is 19.9 Å². The van der Waals surface area contributed by atoms with Crippen molar-refractivity contribution in [1.29, 1.82) is 0 Å². The molecule has 1 unspecified atom stereocenters. The van der Waals surface area contributed by atoms with Crippen molar-refractivity contribution in [1.82, 2.24) is 25.2 Å². The fourth-order valence-electron chi connectivity index (χ4n) is 4.09. The molecule has 3 heterocycles. The van der Waals surface area contributed by atoms with Crippen LogP contribution in [0.25, 0.3) is 0 Å². The summed E-state index contributed by atoms with van der Waals surface area (Å²) in [7, 11) is 0. The molecular formula is C23H28N6O7. The average Bonchev–Trinajstić information content (AvgIpc) is 3.41. The van der Waals surface area contributed by atoms with Gasteiger partial charge < -0.3 is 19.9 Å². The first-order valence-corrected chi connectivity index (χ1v) is 11.7. The minimum atomic E-state index is -1.03. The van der Waals surface area contributed by atoms with Gasteiger partial charge in [-0.3, -0.25) is 29.4 Å². The molecule has 2 aromatic rings. The zero-order valence-corrected chi connectivity index (χ0v) is 19.7. The van der Waals surface area contributed by atoms with Crippen molar-refractivity contribution in [3.8, 4) is 5.75 Å². The van der Waals surface area contributed by atoms with Crippen LogP contribution in [0, 0.1) is 0 Å². The van der Waals surface area contributed by atoms with Crippen molar-refractivity contribution < 1.29 is 33.4 Å². The van der Waals surface area contributed by atoms with E-state index in [1.165, 1.54) is 6.07 Å². The Labute approximate surface area is 206 Å². The summed E-state index contributed by atoms with van der Waals surface area (Å²) in [5.74, 6) is -2.02. The van der Waals surface area contributed by atoms with Gasteiger partial charge in [0.15, 0.2) is 0 Å². The number of fused-ring (bicyclic) bond motifs is 1. The van der Waals surface area contributed by atoms with E-state index in [2.05, 4.69) is 15.6 Å². The number of hydrogen-bond acceptors (Lipinski definition) is 10. The van der Waals surface area contributed by atoms with E-state index in [1.807, 2.05) is 0 Å². The number of hydrogen-bond donors (Lipinski definition) is 2. The Morgan fingerprint density at radius 1 is 1.03 bits per heavy atom. The first-order valence-electron chi connectivity index (χ1n) is 11.7. The Morgan fingerprint density at radius 3 is 2.61 bits per heavy atom. The van der Waals surface area contributed by atoms with Crippen LogP contribution in [0.4, 0.5) is 0 Å². The zero-order valence-electron chi connectivity index (χ0n) is 19.7. The number of benzene rings is 1. The second kappa shape index (κ2) is 11.8. The van der Waals surface area contributed by atoms with E-state index in [-0.39, 0.29) is 36.3 Å². The summed E-state index contributed by atoms with van der Waals surface area (Å²) >= 11 is 0. The van der Waals surface area contributed by atoms with Crippen molar-refractivity contribution in [2.75, 3.05) is 39.6 Å². The number of carbonyl (C=O) groups excluding carboxylic acids is 4. The number of piperidine rings is 1. The van der Waals surface area contributed by atoms with Gasteiger partial charge in [-0.2, -0.15) is 0 Å². The second-order valence-electron chi connectivity index (χ2n) is 8.19. The average molecular weight is 501 g/mol. The molecule has 36 heavy (non-hydrogen) atoms. The molecule has 0 spiro atoms. The lowest BCUT2D eigenvalue weighted by Gasteiger charge is -2.27. The first kappa shape index (κ1) is 25.4. The summed E-state index contributed by atoms with van der Waals surface area (Å²) < 4.78 is 18.4. The van der Waals surface area contributed by atoms with Crippen LogP contribution < -0.4 is 15.8 Å². The van der Waals surface area contributed by atoms with E-state index in [0.717, 1.165) is 10.6 Å². The Hall–Kier alpha value is -3.68. The monoisotopic (exact) mass is 500 g/mol. The van der Waals surface area contributed by atoms with Crippen molar-refractivity contribution >= 4 is 23.6 Å². The molecule has 0 saturated carbocycles. The molecule has 13 heteroatoms. The maximum Gasteiger partial charge on any atom is 0.266 e. The van der Waals surface area contributed by atoms with Crippen LogP contribution in [-0.2, 0) is 32.0 Å². The molecule has 13 nitrogen and oxygen atoms in total. The lowest BCUT2D eigenvalue weighted by Crippen LogP contribution is -2.54. The lowest BCUT2D eigenvalue weighted by atomic mass is 10.0. The molecule has 2 aliphatic heterocycles. The molecule has 1 aromatic heterocycles. The Morgan fingerprint density at radius 2 is 1.83 bits per heavy atom. The van der Waals surface area contributed by atoms with Gasteiger partial charge in [0, 0.05) is 19.4 Å². The molecule has 192 valence electrons. The van der Waals surface area contributed by atoms with Crippen LogP contribution in [-0.4, -0.2) is 89.1 Å². The van der Waals surface area contributed by atoms with Gasteiger partial charge in [0.05, 0.1) is 62.6 Å². The number of rotatable bonds is 13. The Balaban J connectivity index is 1.33. The fourth-order valence-corrected chi connectivity index (χ4v) is 4.09. The van der Waals surface area contributed by atoms with Crippen LogP contribution in [0.15, 0.2) is 24.4 Å². The Bertz CT molecular complexity index is 1130. The molecule has 1 atom stereocenters. The number of nitrogens with zero attached hydrogens (tertiary/aromatic N) is 4. The molecule has 4 amide bonds. The van der Waals surface area contributed by atoms with Crippen molar-refractivity contribution in [2.45, 2.75) is 31.8 Å². The minimum absolute atomic E-state index is 0.0575. The maximum atomic E-state index is 13.1. The predicted octanol–water partition coefficient (Wildman–Crippen LogP) is -0.707. The third-order valence-electron chi connectivity index (χ3n) is 5.83. The molecule has 1 aromatic carbocycles. The van der Waals surface area contributed by atoms with Crippen molar-refractivity contribution in [3.63, 3.8) is 0 Å². The molecule has 0 aliphatic carbocycles. The number of nitrogens with two attached hydrogens (primary N) is 1. The van der Waals surface area contributed by atoms with E-state index < -0.39 is 29.7 Å². The Kier molecular flexibility index (Phi) is 8.36. The first-order chi connectivity index (χ1) is 17.5. The molecule has 4 rings (SSSR count). The van der Waals surface area contributed by atoms with Gasteiger partial charge in [0.25, 0.3) is 11.8 Å². The third kappa shape index (κ3) is 5.58. The standard InChI is InChI=1S/C23H28N6O7/c24-7-10-34-12-13-35-11-8-28-15(14-25-27-28)6-9-36-18-3-1-2-16-20(18)23(33)29(22(16)32)17-4-5-19(30)26-21(17)31/h1-3,14,17H,4-13,24H2,(H,26,30,31). The summed E-state index contributed by atoms with van der Waals surface area (Å²) in [6.45, 7) is 3.03. The molecular weight excluding hydrogens is 472 g/mol. The van der Waals surface area contributed by atoms with Crippen LogP contribution in [0.2, 0.25) is 0 Å². The normalized spacial score (nSPS) is 17.5. The smallest absolute Gasteiger partial charge is 0.266 e. The fraction of sp³-hybridized carbons (Fsp3) is 0.478. The number of imide groups is 2. The number of amides is 4. The molecule has 2 aliphatic rings. The number of aromatic nitrogens is 3. The lowest BCUT2D eigenvalue weighted by molar-refractivity contribution is -0.136. The summed E-state index contributed by atoms with van der Waals surface area (Å²) in [5.41, 5.74) is 6.46. The van der Waals surface area contributed by atoms with Crippen molar-refractivity contribution in [3.05, 3.63) is 41.2 Å². The summed E-state index contributed by atoms with van der Waals surface area (Å²) in [4.78, 5) is 50.7. The highest BCUT2D eigenvalue weighted by molar-refractivity contribution is 6.24. The van der Waals surface area contributed by atoms with Gasteiger partial charge in [-0.1, -0.05) is 11.3 Å². The van der Waals surface area contributed by atoms with Gasteiger partial charge in [-0.25, -0.2) is 4.68 Å².